The van der Waals surface area contributed by atoms with Crippen LogP contribution in [0.4, 0.5) is 5.69 Å². The number of ether oxygens (including phenoxy) is 1. The number of nitrogens with zero attached hydrogens (tertiary/aromatic N) is 2. The maximum Gasteiger partial charge on any atom is 0.259 e. The average molecular weight is 340 g/mol. The largest absolute Gasteiger partial charge is 0.399 e. The molecule has 0 saturated heterocycles. The third-order valence-electron chi connectivity index (χ3n) is 2.92. The molecule has 1 unspecified atom stereocenters. The van der Waals surface area contributed by atoms with E-state index in [9.17, 15) is 0 Å². The van der Waals surface area contributed by atoms with Crippen molar-refractivity contribution in [2.45, 2.75) is 26.9 Å². The van der Waals surface area contributed by atoms with Gasteiger partial charge in [0.05, 0.1) is 5.56 Å². The van der Waals surface area contributed by atoms with E-state index in [2.05, 4.69) is 46.8 Å². The van der Waals surface area contributed by atoms with Crippen molar-refractivity contribution >= 4 is 21.6 Å². The topological polar surface area (TPSA) is 74.2 Å². The maximum atomic E-state index is 5.79. The maximum absolute atomic E-state index is 5.79. The number of nitrogens with two attached hydrogens (primary N) is 1. The minimum absolute atomic E-state index is 0.122. The lowest BCUT2D eigenvalue weighted by Gasteiger charge is -2.26. The summed E-state index contributed by atoms with van der Waals surface area (Å²) >= 11 is 3.46. The SMILES string of the molecule is COC(c1noc(-c2cc(N)ccc2Br)n1)C(C)(C)C. The third-order valence-corrected chi connectivity index (χ3v) is 3.61. The molecule has 0 aliphatic carbocycles. The molecule has 6 heteroatoms. The van der Waals surface area contributed by atoms with E-state index in [4.69, 9.17) is 15.0 Å². The van der Waals surface area contributed by atoms with E-state index in [1.165, 1.54) is 0 Å². The van der Waals surface area contributed by atoms with E-state index in [0.29, 0.717) is 17.4 Å². The fourth-order valence-electron chi connectivity index (χ4n) is 2.00. The Bertz CT molecular complexity index is 605. The molecule has 0 aliphatic rings. The summed E-state index contributed by atoms with van der Waals surface area (Å²) in [5, 5.41) is 4.03. The first-order valence-electron chi connectivity index (χ1n) is 6.24. The fourth-order valence-corrected chi connectivity index (χ4v) is 2.42. The smallest absolute Gasteiger partial charge is 0.259 e. The normalized spacial score (nSPS) is 13.4. The molecule has 108 valence electrons. The van der Waals surface area contributed by atoms with Crippen LogP contribution in [0.25, 0.3) is 11.5 Å². The Balaban J connectivity index is 2.40. The van der Waals surface area contributed by atoms with Crippen molar-refractivity contribution in [2.24, 2.45) is 5.41 Å². The molecular formula is C14H18BrN3O2. The highest BCUT2D eigenvalue weighted by Gasteiger charge is 2.30. The molecule has 0 aliphatic heterocycles. The van der Waals surface area contributed by atoms with Crippen LogP contribution in [0.5, 0.6) is 0 Å². The quantitative estimate of drug-likeness (QED) is 0.860. The molecular weight excluding hydrogens is 322 g/mol. The van der Waals surface area contributed by atoms with Gasteiger partial charge in [0, 0.05) is 17.3 Å². The van der Waals surface area contributed by atoms with Crippen LogP contribution in [0.3, 0.4) is 0 Å². The Morgan fingerprint density at radius 3 is 2.65 bits per heavy atom. The fraction of sp³-hybridized carbons (Fsp3) is 0.429. The summed E-state index contributed by atoms with van der Waals surface area (Å²) in [5.41, 5.74) is 7.08. The van der Waals surface area contributed by atoms with Crippen molar-refractivity contribution in [1.29, 1.82) is 0 Å². The highest BCUT2D eigenvalue weighted by molar-refractivity contribution is 9.10. The zero-order valence-electron chi connectivity index (χ0n) is 12.0. The van der Waals surface area contributed by atoms with E-state index in [1.54, 1.807) is 19.2 Å². The molecule has 20 heavy (non-hydrogen) atoms. The summed E-state index contributed by atoms with van der Waals surface area (Å²) in [6, 6.07) is 5.45. The van der Waals surface area contributed by atoms with Crippen LogP contribution in [0.2, 0.25) is 0 Å². The van der Waals surface area contributed by atoms with Gasteiger partial charge in [-0.25, -0.2) is 0 Å². The zero-order valence-corrected chi connectivity index (χ0v) is 13.6. The van der Waals surface area contributed by atoms with Gasteiger partial charge in [-0.15, -0.1) is 0 Å². The van der Waals surface area contributed by atoms with Crippen LogP contribution in [-0.4, -0.2) is 17.3 Å². The van der Waals surface area contributed by atoms with E-state index in [0.717, 1.165) is 10.0 Å². The Labute approximate surface area is 126 Å². The van der Waals surface area contributed by atoms with Gasteiger partial charge in [-0.3, -0.25) is 0 Å². The Kier molecular flexibility index (Phi) is 4.15. The lowest BCUT2D eigenvalue weighted by Crippen LogP contribution is -2.21. The van der Waals surface area contributed by atoms with Gasteiger partial charge < -0.3 is 15.0 Å². The predicted octanol–water partition coefficient (Wildman–Crippen LogP) is 3.81. The molecule has 0 fully saturated rings. The average Bonchev–Trinajstić information content (AvgIpc) is 2.80. The van der Waals surface area contributed by atoms with Crippen LogP contribution in [0.15, 0.2) is 27.2 Å². The number of rotatable bonds is 3. The Morgan fingerprint density at radius 2 is 2.05 bits per heavy atom. The Morgan fingerprint density at radius 1 is 1.35 bits per heavy atom. The minimum atomic E-state index is -0.236. The minimum Gasteiger partial charge on any atom is -0.399 e. The first kappa shape index (κ1) is 15.0. The van der Waals surface area contributed by atoms with Crippen molar-refractivity contribution in [3.63, 3.8) is 0 Å². The van der Waals surface area contributed by atoms with E-state index < -0.39 is 0 Å². The molecule has 2 N–H and O–H groups in total. The van der Waals surface area contributed by atoms with Gasteiger partial charge in [0.2, 0.25) is 5.82 Å². The van der Waals surface area contributed by atoms with Crippen LogP contribution in [0, 0.1) is 5.41 Å². The number of hydrogen-bond donors (Lipinski definition) is 1. The van der Waals surface area contributed by atoms with Crippen molar-refractivity contribution in [3.8, 4) is 11.5 Å². The van der Waals surface area contributed by atoms with Crippen molar-refractivity contribution in [1.82, 2.24) is 10.1 Å². The highest BCUT2D eigenvalue weighted by Crippen LogP contribution is 2.36. The van der Waals surface area contributed by atoms with Crippen molar-refractivity contribution in [3.05, 3.63) is 28.5 Å². The number of nitrogen functional groups attached to an aromatic ring is 1. The molecule has 0 amide bonds. The van der Waals surface area contributed by atoms with Gasteiger partial charge >= 0.3 is 0 Å². The molecule has 1 atom stereocenters. The molecule has 0 radical (unpaired) electrons. The predicted molar refractivity (Wildman–Crippen MR) is 81.1 cm³/mol. The number of methoxy groups -OCH3 is 1. The van der Waals surface area contributed by atoms with Crippen LogP contribution in [-0.2, 0) is 4.74 Å². The zero-order chi connectivity index (χ0) is 14.9. The van der Waals surface area contributed by atoms with Gasteiger partial charge in [0.25, 0.3) is 5.89 Å². The molecule has 1 aromatic carbocycles. The lowest BCUT2D eigenvalue weighted by atomic mass is 9.88. The van der Waals surface area contributed by atoms with Gasteiger partial charge in [0.15, 0.2) is 0 Å². The van der Waals surface area contributed by atoms with Crippen molar-refractivity contribution < 1.29 is 9.26 Å². The third kappa shape index (κ3) is 3.02. The number of anilines is 1. The highest BCUT2D eigenvalue weighted by atomic mass is 79.9. The summed E-state index contributed by atoms with van der Waals surface area (Å²) < 4.78 is 11.7. The molecule has 0 bridgehead atoms. The molecule has 0 saturated carbocycles. The summed E-state index contributed by atoms with van der Waals surface area (Å²) in [7, 11) is 1.64. The number of hydrogen-bond acceptors (Lipinski definition) is 5. The summed E-state index contributed by atoms with van der Waals surface area (Å²) in [5.74, 6) is 0.954. The van der Waals surface area contributed by atoms with Gasteiger partial charge in [-0.05, 0) is 39.5 Å². The molecule has 2 aromatic rings. The molecule has 2 rings (SSSR count). The Hall–Kier alpha value is -1.40. The first-order chi connectivity index (χ1) is 9.32. The molecule has 0 spiro atoms. The van der Waals surface area contributed by atoms with E-state index in [1.807, 2.05) is 6.07 Å². The number of aromatic nitrogens is 2. The standard InChI is InChI=1S/C14H18BrN3O2/c1-14(2,3)11(19-4)12-17-13(20-18-12)9-7-8(16)5-6-10(9)15/h5-7,11H,16H2,1-4H3. The second kappa shape index (κ2) is 5.54. The summed E-state index contributed by atoms with van der Waals surface area (Å²) in [4.78, 5) is 4.43. The molecule has 5 nitrogen and oxygen atoms in total. The first-order valence-corrected chi connectivity index (χ1v) is 7.04. The second-order valence-electron chi connectivity index (χ2n) is 5.68. The monoisotopic (exact) mass is 339 g/mol. The molecule has 1 heterocycles. The van der Waals surface area contributed by atoms with Gasteiger partial charge in [0.1, 0.15) is 6.10 Å². The van der Waals surface area contributed by atoms with Crippen LogP contribution >= 0.6 is 15.9 Å². The number of halogens is 1. The molecule has 1 aromatic heterocycles. The van der Waals surface area contributed by atoms with Crippen LogP contribution < -0.4 is 5.73 Å². The second-order valence-corrected chi connectivity index (χ2v) is 6.53. The summed E-state index contributed by atoms with van der Waals surface area (Å²) in [6.07, 6.45) is -0.236. The lowest BCUT2D eigenvalue weighted by molar-refractivity contribution is 0.00718. The van der Waals surface area contributed by atoms with Gasteiger partial charge in [-0.2, -0.15) is 4.98 Å². The summed E-state index contributed by atoms with van der Waals surface area (Å²) in [6.45, 7) is 6.19. The van der Waals surface area contributed by atoms with E-state index >= 15 is 0 Å². The number of benzene rings is 1. The van der Waals surface area contributed by atoms with Crippen molar-refractivity contribution in [2.75, 3.05) is 12.8 Å². The van der Waals surface area contributed by atoms with Crippen LogP contribution in [0.1, 0.15) is 32.7 Å². The van der Waals surface area contributed by atoms with Gasteiger partial charge in [-0.1, -0.05) is 25.9 Å². The van der Waals surface area contributed by atoms with E-state index in [-0.39, 0.29) is 11.5 Å².